The third kappa shape index (κ3) is 3.23. The van der Waals surface area contributed by atoms with Crippen LogP contribution in [0.3, 0.4) is 0 Å². The predicted octanol–water partition coefficient (Wildman–Crippen LogP) is 2.83. The zero-order valence-electron chi connectivity index (χ0n) is 12.1. The van der Waals surface area contributed by atoms with Gasteiger partial charge in [0, 0.05) is 6.54 Å². The van der Waals surface area contributed by atoms with E-state index in [1.807, 2.05) is 43.7 Å². The Bertz CT molecular complexity index is 721. The number of fused-ring (bicyclic) bond motifs is 1. The van der Waals surface area contributed by atoms with Gasteiger partial charge >= 0.3 is 0 Å². The van der Waals surface area contributed by atoms with Crippen LogP contribution in [-0.2, 0) is 13.1 Å². The smallest absolute Gasteiger partial charge is 0.119 e. The fourth-order valence-corrected chi connectivity index (χ4v) is 2.40. The number of hydrogen-bond donors (Lipinski definition) is 1. The maximum absolute atomic E-state index is 5.84. The lowest BCUT2D eigenvalue weighted by molar-refractivity contribution is 0.300. The van der Waals surface area contributed by atoms with Crippen LogP contribution in [0.25, 0.3) is 11.0 Å². The maximum atomic E-state index is 5.84. The van der Waals surface area contributed by atoms with E-state index in [1.165, 1.54) is 5.56 Å². The summed E-state index contributed by atoms with van der Waals surface area (Å²) in [6.45, 7) is 2.27. The van der Waals surface area contributed by atoms with Crippen LogP contribution in [0, 0.1) is 0 Å². The Morgan fingerprint density at radius 3 is 2.95 bits per heavy atom. The molecule has 3 rings (SSSR count). The minimum Gasteiger partial charge on any atom is -0.492 e. The largest absolute Gasteiger partial charge is 0.492 e. The van der Waals surface area contributed by atoms with Gasteiger partial charge in [-0.15, -0.1) is 0 Å². The topological polar surface area (TPSA) is 39.1 Å². The molecular formula is C17H19N3O. The summed E-state index contributed by atoms with van der Waals surface area (Å²) in [7, 11) is 1.94. The van der Waals surface area contributed by atoms with Crippen molar-refractivity contribution in [2.24, 2.45) is 0 Å². The van der Waals surface area contributed by atoms with Gasteiger partial charge in [0.2, 0.25) is 0 Å². The number of imidazole rings is 1. The summed E-state index contributed by atoms with van der Waals surface area (Å²) in [5.74, 6) is 0.909. The van der Waals surface area contributed by atoms with Crippen LogP contribution in [0.4, 0.5) is 0 Å². The highest BCUT2D eigenvalue weighted by Crippen LogP contribution is 2.14. The lowest BCUT2D eigenvalue weighted by Gasteiger charge is -2.09. The van der Waals surface area contributed by atoms with E-state index in [0.717, 1.165) is 29.9 Å². The molecule has 4 nitrogen and oxygen atoms in total. The van der Waals surface area contributed by atoms with E-state index in [4.69, 9.17) is 4.74 Å². The molecule has 0 unspecified atom stereocenters. The second kappa shape index (κ2) is 6.41. The number of aromatic nitrogens is 2. The molecule has 3 aromatic rings. The first-order valence-corrected chi connectivity index (χ1v) is 7.13. The zero-order chi connectivity index (χ0) is 14.5. The minimum atomic E-state index is 0.628. The Hall–Kier alpha value is -2.33. The Balaban J connectivity index is 1.62. The van der Waals surface area contributed by atoms with Crippen LogP contribution in [0.15, 0.2) is 54.9 Å². The van der Waals surface area contributed by atoms with E-state index in [0.29, 0.717) is 6.61 Å². The second-order valence-corrected chi connectivity index (χ2v) is 4.95. The number of para-hydroxylation sites is 2. The molecule has 0 bridgehead atoms. The number of hydrogen-bond acceptors (Lipinski definition) is 3. The molecule has 0 radical (unpaired) electrons. The van der Waals surface area contributed by atoms with Crippen molar-refractivity contribution in [2.45, 2.75) is 13.1 Å². The molecule has 4 heteroatoms. The van der Waals surface area contributed by atoms with Crippen LogP contribution in [0.5, 0.6) is 5.75 Å². The molecule has 0 aliphatic rings. The first-order valence-electron chi connectivity index (χ1n) is 7.13. The van der Waals surface area contributed by atoms with Crippen molar-refractivity contribution < 1.29 is 4.74 Å². The van der Waals surface area contributed by atoms with Crippen LogP contribution in [0.1, 0.15) is 5.56 Å². The summed E-state index contributed by atoms with van der Waals surface area (Å²) >= 11 is 0. The van der Waals surface area contributed by atoms with Crippen molar-refractivity contribution in [1.29, 1.82) is 0 Å². The molecule has 0 saturated heterocycles. The van der Waals surface area contributed by atoms with Crippen LogP contribution in [0.2, 0.25) is 0 Å². The Morgan fingerprint density at radius 2 is 2.05 bits per heavy atom. The van der Waals surface area contributed by atoms with E-state index in [9.17, 15) is 0 Å². The molecule has 0 amide bonds. The molecule has 0 aliphatic heterocycles. The maximum Gasteiger partial charge on any atom is 0.119 e. The summed E-state index contributed by atoms with van der Waals surface area (Å²) in [5, 5.41) is 3.14. The van der Waals surface area contributed by atoms with Crippen molar-refractivity contribution in [3.63, 3.8) is 0 Å². The molecule has 1 heterocycles. The van der Waals surface area contributed by atoms with E-state index < -0.39 is 0 Å². The summed E-state index contributed by atoms with van der Waals surface area (Å²) in [5.41, 5.74) is 3.39. The standard InChI is InChI=1S/C17H19N3O/c1-18-12-14-5-4-6-15(11-14)21-10-9-20-13-19-16-7-2-3-8-17(16)20/h2-8,11,13,18H,9-10,12H2,1H3. The van der Waals surface area contributed by atoms with Gasteiger partial charge in [-0.25, -0.2) is 4.98 Å². The molecule has 1 aromatic heterocycles. The molecule has 0 spiro atoms. The molecular weight excluding hydrogens is 262 g/mol. The molecule has 0 aliphatic carbocycles. The molecule has 21 heavy (non-hydrogen) atoms. The van der Waals surface area contributed by atoms with Gasteiger partial charge in [0.25, 0.3) is 0 Å². The van der Waals surface area contributed by atoms with Crippen LogP contribution >= 0.6 is 0 Å². The van der Waals surface area contributed by atoms with E-state index in [2.05, 4.69) is 33.1 Å². The van der Waals surface area contributed by atoms with Gasteiger partial charge in [0.15, 0.2) is 0 Å². The zero-order valence-corrected chi connectivity index (χ0v) is 12.1. The van der Waals surface area contributed by atoms with Crippen molar-refractivity contribution in [1.82, 2.24) is 14.9 Å². The normalized spacial score (nSPS) is 10.9. The van der Waals surface area contributed by atoms with E-state index >= 15 is 0 Å². The van der Waals surface area contributed by atoms with Crippen molar-refractivity contribution in [3.05, 3.63) is 60.4 Å². The molecule has 108 valence electrons. The number of ether oxygens (including phenoxy) is 1. The highest BCUT2D eigenvalue weighted by atomic mass is 16.5. The first kappa shape index (κ1) is 13.6. The van der Waals surface area contributed by atoms with Gasteiger partial charge in [-0.2, -0.15) is 0 Å². The first-order chi connectivity index (χ1) is 10.4. The van der Waals surface area contributed by atoms with Gasteiger partial charge < -0.3 is 14.6 Å². The van der Waals surface area contributed by atoms with Crippen LogP contribution in [-0.4, -0.2) is 23.2 Å². The fraction of sp³-hybridized carbons (Fsp3) is 0.235. The van der Waals surface area contributed by atoms with Gasteiger partial charge in [0.05, 0.1) is 23.9 Å². The third-order valence-corrected chi connectivity index (χ3v) is 3.41. The quantitative estimate of drug-likeness (QED) is 0.755. The highest BCUT2D eigenvalue weighted by molar-refractivity contribution is 5.74. The SMILES string of the molecule is CNCc1cccc(OCCn2cnc3ccccc32)c1. The van der Waals surface area contributed by atoms with Crippen molar-refractivity contribution >= 4 is 11.0 Å². The Labute approximate surface area is 124 Å². The summed E-state index contributed by atoms with van der Waals surface area (Å²) in [4.78, 5) is 4.38. The molecule has 2 aromatic carbocycles. The molecule has 0 atom stereocenters. The van der Waals surface area contributed by atoms with Gasteiger partial charge in [-0.3, -0.25) is 0 Å². The summed E-state index contributed by atoms with van der Waals surface area (Å²) < 4.78 is 7.96. The minimum absolute atomic E-state index is 0.628. The number of rotatable bonds is 6. The third-order valence-electron chi connectivity index (χ3n) is 3.41. The van der Waals surface area contributed by atoms with Crippen LogP contribution < -0.4 is 10.1 Å². The second-order valence-electron chi connectivity index (χ2n) is 4.95. The average Bonchev–Trinajstić information content (AvgIpc) is 2.92. The molecule has 1 N–H and O–H groups in total. The van der Waals surface area contributed by atoms with Gasteiger partial charge in [-0.1, -0.05) is 24.3 Å². The monoisotopic (exact) mass is 281 g/mol. The van der Waals surface area contributed by atoms with E-state index in [1.54, 1.807) is 0 Å². The van der Waals surface area contributed by atoms with Gasteiger partial charge in [0.1, 0.15) is 12.4 Å². The average molecular weight is 281 g/mol. The molecule has 0 saturated carbocycles. The fourth-order valence-electron chi connectivity index (χ4n) is 2.40. The van der Waals surface area contributed by atoms with Crippen molar-refractivity contribution in [2.75, 3.05) is 13.7 Å². The van der Waals surface area contributed by atoms with Crippen molar-refractivity contribution in [3.8, 4) is 5.75 Å². The number of nitrogens with one attached hydrogen (secondary N) is 1. The Kier molecular flexibility index (Phi) is 4.17. The summed E-state index contributed by atoms with van der Waals surface area (Å²) in [6.07, 6.45) is 1.87. The number of nitrogens with zero attached hydrogens (tertiary/aromatic N) is 2. The molecule has 0 fully saturated rings. The Morgan fingerprint density at radius 1 is 1.14 bits per heavy atom. The lowest BCUT2D eigenvalue weighted by atomic mass is 10.2. The van der Waals surface area contributed by atoms with Gasteiger partial charge in [-0.05, 0) is 36.9 Å². The predicted molar refractivity (Wildman–Crippen MR) is 84.4 cm³/mol. The summed E-state index contributed by atoms with van der Waals surface area (Å²) in [6, 6.07) is 16.3. The highest BCUT2D eigenvalue weighted by Gasteiger charge is 2.02. The lowest BCUT2D eigenvalue weighted by Crippen LogP contribution is -2.08. The van der Waals surface area contributed by atoms with E-state index in [-0.39, 0.29) is 0 Å². The number of benzene rings is 2.